The summed E-state index contributed by atoms with van der Waals surface area (Å²) in [5.74, 6) is 1.37. The van der Waals surface area contributed by atoms with Crippen molar-refractivity contribution in [2.45, 2.75) is 52.4 Å². The summed E-state index contributed by atoms with van der Waals surface area (Å²) in [5.41, 5.74) is 6.57. The second-order valence-corrected chi connectivity index (χ2v) is 8.89. The number of anilines is 1. The van der Waals surface area contributed by atoms with Crippen LogP contribution in [0, 0.1) is 0 Å². The van der Waals surface area contributed by atoms with Gasteiger partial charge in [-0.1, -0.05) is 39.5 Å². The lowest BCUT2D eigenvalue weighted by Crippen LogP contribution is -2.19. The molecule has 0 fully saturated rings. The molecule has 0 amide bonds. The van der Waals surface area contributed by atoms with Crippen molar-refractivity contribution in [3.63, 3.8) is 0 Å². The standard InChI is InChI=1S/C17H21NO5.C13H19NO3/c1-4-5-6-9-23-15-13(21-2)8-7-11-10-12(17(20)22-3)16(19)18-14(11)15;1-3-4-5-8-17-13-11(16-2)7-6-10(9-15)12(13)14/h7-8,10H,4-6,9H2,1-3H3,(H,18,19);6-7,9H,3-5,8,14H2,1-2H3. The molecule has 2 aromatic carbocycles. The molecule has 0 aliphatic heterocycles. The summed E-state index contributed by atoms with van der Waals surface area (Å²) in [6.45, 7) is 5.35. The number of H-pyrrole nitrogens is 1. The van der Waals surface area contributed by atoms with Gasteiger partial charge in [0.2, 0.25) is 0 Å². The summed E-state index contributed by atoms with van der Waals surface area (Å²) in [6, 6.07) is 8.32. The fourth-order valence-corrected chi connectivity index (χ4v) is 3.86. The van der Waals surface area contributed by atoms with E-state index < -0.39 is 11.5 Å². The lowest BCUT2D eigenvalue weighted by atomic mass is 10.1. The minimum atomic E-state index is -0.672. The van der Waals surface area contributed by atoms with Gasteiger partial charge >= 0.3 is 5.97 Å². The first-order valence-electron chi connectivity index (χ1n) is 13.4. The van der Waals surface area contributed by atoms with Gasteiger partial charge in [0.15, 0.2) is 29.3 Å². The Morgan fingerprint density at radius 1 is 0.875 bits per heavy atom. The molecule has 218 valence electrons. The van der Waals surface area contributed by atoms with Crippen molar-refractivity contribution in [1.82, 2.24) is 4.98 Å². The summed E-state index contributed by atoms with van der Waals surface area (Å²) in [4.78, 5) is 37.2. The normalized spacial score (nSPS) is 10.3. The number of pyridine rings is 1. The molecule has 0 aliphatic carbocycles. The Morgan fingerprint density at radius 3 is 2.00 bits per heavy atom. The first-order valence-corrected chi connectivity index (χ1v) is 13.4. The highest BCUT2D eigenvalue weighted by Gasteiger charge is 2.17. The van der Waals surface area contributed by atoms with Crippen LogP contribution in [0.5, 0.6) is 23.0 Å². The Labute approximate surface area is 234 Å². The van der Waals surface area contributed by atoms with Crippen molar-refractivity contribution in [2.75, 3.05) is 40.3 Å². The molecule has 3 aromatic rings. The second-order valence-electron chi connectivity index (χ2n) is 8.89. The number of nitrogen functional groups attached to an aromatic ring is 1. The highest BCUT2D eigenvalue weighted by atomic mass is 16.5. The van der Waals surface area contributed by atoms with E-state index >= 15 is 0 Å². The summed E-state index contributed by atoms with van der Waals surface area (Å²) in [5, 5.41) is 0.677. The van der Waals surface area contributed by atoms with Gasteiger partial charge in [0.05, 0.1) is 45.7 Å². The van der Waals surface area contributed by atoms with Crippen molar-refractivity contribution in [1.29, 1.82) is 0 Å². The molecule has 0 atom stereocenters. The monoisotopic (exact) mass is 556 g/mol. The van der Waals surface area contributed by atoms with E-state index in [0.29, 0.717) is 64.7 Å². The summed E-state index contributed by atoms with van der Waals surface area (Å²) in [7, 11) is 4.33. The molecule has 40 heavy (non-hydrogen) atoms. The van der Waals surface area contributed by atoms with Crippen LogP contribution in [0.2, 0.25) is 0 Å². The molecule has 10 nitrogen and oxygen atoms in total. The number of carbonyl (C=O) groups excluding carboxylic acids is 2. The fraction of sp³-hybridized carbons (Fsp3) is 0.433. The van der Waals surface area contributed by atoms with E-state index in [2.05, 4.69) is 23.6 Å². The van der Waals surface area contributed by atoms with Gasteiger partial charge < -0.3 is 34.4 Å². The number of aromatic nitrogens is 1. The molecule has 0 radical (unpaired) electrons. The first kappa shape index (κ1) is 32.0. The highest BCUT2D eigenvalue weighted by molar-refractivity contribution is 5.95. The zero-order chi connectivity index (χ0) is 29.5. The minimum Gasteiger partial charge on any atom is -0.493 e. The van der Waals surface area contributed by atoms with E-state index in [0.717, 1.165) is 38.5 Å². The molecule has 0 saturated heterocycles. The number of methoxy groups -OCH3 is 3. The zero-order valence-electron chi connectivity index (χ0n) is 24.0. The Bertz CT molecular complexity index is 1320. The maximum absolute atomic E-state index is 12.1. The minimum absolute atomic E-state index is 0.0397. The summed E-state index contributed by atoms with van der Waals surface area (Å²) >= 11 is 0. The van der Waals surface area contributed by atoms with E-state index in [-0.39, 0.29) is 5.56 Å². The molecule has 1 heterocycles. The molecule has 0 aliphatic rings. The fourth-order valence-electron chi connectivity index (χ4n) is 3.86. The number of fused-ring (bicyclic) bond motifs is 1. The van der Waals surface area contributed by atoms with Crippen molar-refractivity contribution in [2.24, 2.45) is 0 Å². The molecule has 1 aromatic heterocycles. The smallest absolute Gasteiger partial charge is 0.343 e. The number of esters is 1. The van der Waals surface area contributed by atoms with Crippen LogP contribution in [0.1, 0.15) is 73.1 Å². The second kappa shape index (κ2) is 16.7. The predicted molar refractivity (Wildman–Crippen MR) is 155 cm³/mol. The van der Waals surface area contributed by atoms with Crippen molar-refractivity contribution < 1.29 is 33.3 Å². The van der Waals surface area contributed by atoms with Crippen molar-refractivity contribution >= 4 is 28.8 Å². The Hall–Kier alpha value is -4.21. The maximum atomic E-state index is 12.1. The number of carbonyl (C=O) groups is 2. The third-order valence-electron chi connectivity index (χ3n) is 6.09. The van der Waals surface area contributed by atoms with Crippen LogP contribution in [0.15, 0.2) is 35.1 Å². The van der Waals surface area contributed by atoms with Crippen LogP contribution in [0.25, 0.3) is 10.9 Å². The molecule has 0 bridgehead atoms. The lowest BCUT2D eigenvalue weighted by Gasteiger charge is -2.13. The van der Waals surface area contributed by atoms with Crippen molar-refractivity contribution in [3.8, 4) is 23.0 Å². The van der Waals surface area contributed by atoms with Gasteiger partial charge in [-0.3, -0.25) is 9.59 Å². The molecule has 0 spiro atoms. The van der Waals surface area contributed by atoms with Crippen molar-refractivity contribution in [3.05, 3.63) is 51.8 Å². The van der Waals surface area contributed by atoms with Gasteiger partial charge in [-0.15, -0.1) is 0 Å². The van der Waals surface area contributed by atoms with Gasteiger partial charge in [-0.2, -0.15) is 0 Å². The molecule has 3 rings (SSSR count). The third-order valence-corrected chi connectivity index (χ3v) is 6.09. The van der Waals surface area contributed by atoms with E-state index in [1.165, 1.54) is 13.2 Å². The van der Waals surface area contributed by atoms with E-state index in [9.17, 15) is 14.4 Å². The van der Waals surface area contributed by atoms with Crippen LogP contribution in [0.3, 0.4) is 0 Å². The number of hydrogen-bond acceptors (Lipinski definition) is 9. The molecule has 0 unspecified atom stereocenters. The predicted octanol–water partition coefficient (Wildman–Crippen LogP) is 5.55. The number of hydrogen-bond donors (Lipinski definition) is 2. The summed E-state index contributed by atoms with van der Waals surface area (Å²) in [6.07, 6.45) is 6.99. The SMILES string of the molecule is CCCCCOc1c(OC)ccc(C=O)c1N.CCCCCOc1c(OC)ccc2cc(C(=O)OC)c(=O)[nH]c12. The molecule has 0 saturated carbocycles. The number of aldehydes is 1. The van der Waals surface area contributed by atoms with Gasteiger partial charge in [0.1, 0.15) is 5.56 Å². The Kier molecular flexibility index (Phi) is 13.4. The topological polar surface area (TPSA) is 139 Å². The van der Waals surface area contributed by atoms with Gasteiger partial charge in [-0.25, -0.2) is 4.79 Å². The van der Waals surface area contributed by atoms with Crippen LogP contribution in [-0.4, -0.2) is 51.8 Å². The molecule has 3 N–H and O–H groups in total. The average Bonchev–Trinajstić information content (AvgIpc) is 2.97. The summed E-state index contributed by atoms with van der Waals surface area (Å²) < 4.78 is 26.5. The molecule has 10 heteroatoms. The van der Waals surface area contributed by atoms with Gasteiger partial charge in [0, 0.05) is 10.9 Å². The van der Waals surface area contributed by atoms with Crippen LogP contribution >= 0.6 is 0 Å². The lowest BCUT2D eigenvalue weighted by molar-refractivity contribution is 0.0598. The largest absolute Gasteiger partial charge is 0.493 e. The highest BCUT2D eigenvalue weighted by Crippen LogP contribution is 2.36. The van der Waals surface area contributed by atoms with E-state index in [4.69, 9.17) is 24.7 Å². The van der Waals surface area contributed by atoms with E-state index in [1.807, 2.05) is 0 Å². The average molecular weight is 557 g/mol. The number of ether oxygens (including phenoxy) is 5. The Morgan fingerprint density at radius 2 is 1.45 bits per heavy atom. The quantitative estimate of drug-likeness (QED) is 0.113. The van der Waals surface area contributed by atoms with Crippen LogP contribution in [-0.2, 0) is 4.74 Å². The Balaban J connectivity index is 0.000000294. The van der Waals surface area contributed by atoms with Gasteiger partial charge in [0.25, 0.3) is 5.56 Å². The van der Waals surface area contributed by atoms with Crippen LogP contribution in [0.4, 0.5) is 5.69 Å². The number of unbranched alkanes of at least 4 members (excludes halogenated alkanes) is 4. The number of benzene rings is 2. The number of aromatic amines is 1. The maximum Gasteiger partial charge on any atom is 0.343 e. The number of nitrogens with two attached hydrogens (primary N) is 1. The number of nitrogens with one attached hydrogen (secondary N) is 1. The molecular weight excluding hydrogens is 516 g/mol. The third kappa shape index (κ3) is 8.39. The first-order chi connectivity index (χ1) is 19.4. The van der Waals surface area contributed by atoms with Gasteiger partial charge in [-0.05, 0) is 43.2 Å². The zero-order valence-corrected chi connectivity index (χ0v) is 24.0. The molecular formula is C30H40N2O8. The van der Waals surface area contributed by atoms with Crippen LogP contribution < -0.4 is 30.2 Å². The van der Waals surface area contributed by atoms with E-state index in [1.54, 1.807) is 38.5 Å². The number of rotatable bonds is 14.